The molecule has 1 atom stereocenters. The summed E-state index contributed by atoms with van der Waals surface area (Å²) in [5.74, 6) is -0.200. The molecule has 2 amide bonds. The maximum Gasteiger partial charge on any atom is 0.253 e. The summed E-state index contributed by atoms with van der Waals surface area (Å²) in [5.41, 5.74) is 0.822. The molecule has 0 aliphatic carbocycles. The first kappa shape index (κ1) is 14.4. The van der Waals surface area contributed by atoms with E-state index in [1.54, 1.807) is 17.0 Å². The Balaban J connectivity index is 1.71. The Morgan fingerprint density at radius 1 is 1.48 bits per heavy atom. The van der Waals surface area contributed by atoms with Crippen molar-refractivity contribution in [2.45, 2.75) is 19.4 Å². The summed E-state index contributed by atoms with van der Waals surface area (Å²) < 4.78 is 0. The molecule has 1 aromatic carbocycles. The van der Waals surface area contributed by atoms with Crippen molar-refractivity contribution in [2.24, 2.45) is 5.41 Å². The van der Waals surface area contributed by atoms with Crippen molar-refractivity contribution in [1.29, 1.82) is 0 Å². The molecule has 2 saturated heterocycles. The van der Waals surface area contributed by atoms with Crippen LogP contribution in [-0.2, 0) is 4.79 Å². The number of β-amino-alcohol motifs (C(OH)–C–C–N with tert-alkyl or cyclic N) is 1. The summed E-state index contributed by atoms with van der Waals surface area (Å²) in [5, 5.41) is 13.0. The Kier molecular flexibility index (Phi) is 3.42. The van der Waals surface area contributed by atoms with Crippen LogP contribution in [0.2, 0.25) is 5.02 Å². The van der Waals surface area contributed by atoms with Gasteiger partial charge in [0.1, 0.15) is 0 Å². The molecule has 2 heterocycles. The van der Waals surface area contributed by atoms with Crippen LogP contribution in [0.5, 0.6) is 0 Å². The number of halogens is 1. The van der Waals surface area contributed by atoms with E-state index in [9.17, 15) is 14.7 Å². The smallest absolute Gasteiger partial charge is 0.253 e. The standard InChI is InChI=1S/C15H17ClN2O3/c1-9-2-3-10(4-12(9)16)13(20)18-7-15(8-18)5-11(19)6-17-14(15)21/h2-4,11,19H,5-8H2,1H3,(H,17,21). The number of carbonyl (C=O) groups excluding carboxylic acids is 2. The van der Waals surface area contributed by atoms with Crippen molar-refractivity contribution in [2.75, 3.05) is 19.6 Å². The third-order valence-electron chi connectivity index (χ3n) is 4.30. The number of hydrogen-bond acceptors (Lipinski definition) is 3. The summed E-state index contributed by atoms with van der Waals surface area (Å²) in [6.07, 6.45) is -0.120. The van der Waals surface area contributed by atoms with E-state index in [0.717, 1.165) is 5.56 Å². The molecular formula is C15H17ClN2O3. The third-order valence-corrected chi connectivity index (χ3v) is 4.71. The minimum absolute atomic E-state index is 0.0706. The van der Waals surface area contributed by atoms with E-state index in [0.29, 0.717) is 36.6 Å². The average Bonchev–Trinajstić information content (AvgIpc) is 2.41. The van der Waals surface area contributed by atoms with Crippen molar-refractivity contribution in [3.8, 4) is 0 Å². The van der Waals surface area contributed by atoms with E-state index < -0.39 is 11.5 Å². The van der Waals surface area contributed by atoms with Gasteiger partial charge in [0, 0.05) is 30.2 Å². The highest BCUT2D eigenvalue weighted by Gasteiger charge is 2.53. The minimum Gasteiger partial charge on any atom is -0.391 e. The topological polar surface area (TPSA) is 69.6 Å². The van der Waals surface area contributed by atoms with Crippen molar-refractivity contribution < 1.29 is 14.7 Å². The van der Waals surface area contributed by atoms with Crippen LogP contribution < -0.4 is 5.32 Å². The predicted octanol–water partition coefficient (Wildman–Crippen LogP) is 0.971. The highest BCUT2D eigenvalue weighted by molar-refractivity contribution is 6.31. The van der Waals surface area contributed by atoms with Gasteiger partial charge in [-0.25, -0.2) is 0 Å². The Hall–Kier alpha value is -1.59. The SMILES string of the molecule is Cc1ccc(C(=O)N2CC3(CC(O)CNC3=O)C2)cc1Cl. The van der Waals surface area contributed by atoms with Crippen molar-refractivity contribution in [3.05, 3.63) is 34.3 Å². The normalized spacial score (nSPS) is 23.7. The number of aliphatic hydroxyl groups excluding tert-OH is 1. The number of rotatable bonds is 1. The molecule has 0 aromatic heterocycles. The fraction of sp³-hybridized carbons (Fsp3) is 0.467. The van der Waals surface area contributed by atoms with Gasteiger partial charge in [0.15, 0.2) is 0 Å². The summed E-state index contributed by atoms with van der Waals surface area (Å²) in [6, 6.07) is 5.20. The predicted molar refractivity (Wildman–Crippen MR) is 78.2 cm³/mol. The lowest BCUT2D eigenvalue weighted by molar-refractivity contribution is -0.147. The molecule has 1 unspecified atom stereocenters. The zero-order valence-electron chi connectivity index (χ0n) is 11.7. The molecule has 2 N–H and O–H groups in total. The maximum atomic E-state index is 12.4. The Morgan fingerprint density at radius 3 is 2.86 bits per heavy atom. The number of amides is 2. The van der Waals surface area contributed by atoms with Gasteiger partial charge in [-0.05, 0) is 31.0 Å². The molecular weight excluding hydrogens is 292 g/mol. The van der Waals surface area contributed by atoms with E-state index in [4.69, 9.17) is 11.6 Å². The zero-order chi connectivity index (χ0) is 15.2. The van der Waals surface area contributed by atoms with Crippen molar-refractivity contribution in [1.82, 2.24) is 10.2 Å². The molecule has 2 fully saturated rings. The van der Waals surface area contributed by atoms with Crippen LogP contribution in [0.25, 0.3) is 0 Å². The summed E-state index contributed by atoms with van der Waals surface area (Å²) >= 11 is 6.04. The molecule has 3 rings (SSSR count). The highest BCUT2D eigenvalue weighted by atomic mass is 35.5. The van der Waals surface area contributed by atoms with E-state index in [-0.39, 0.29) is 11.8 Å². The number of nitrogens with one attached hydrogen (secondary N) is 1. The van der Waals surface area contributed by atoms with Crippen LogP contribution in [-0.4, -0.2) is 47.6 Å². The monoisotopic (exact) mass is 308 g/mol. The van der Waals surface area contributed by atoms with Gasteiger partial charge in [-0.15, -0.1) is 0 Å². The van der Waals surface area contributed by atoms with Crippen molar-refractivity contribution >= 4 is 23.4 Å². The molecule has 0 radical (unpaired) electrons. The van der Waals surface area contributed by atoms with Crippen LogP contribution in [0.3, 0.4) is 0 Å². The van der Waals surface area contributed by atoms with Gasteiger partial charge in [-0.1, -0.05) is 17.7 Å². The minimum atomic E-state index is -0.623. The lowest BCUT2D eigenvalue weighted by atomic mass is 9.72. The number of aliphatic hydroxyl groups is 1. The first-order valence-electron chi connectivity index (χ1n) is 6.93. The number of aryl methyl sites for hydroxylation is 1. The van der Waals surface area contributed by atoms with Gasteiger partial charge < -0.3 is 15.3 Å². The van der Waals surface area contributed by atoms with Gasteiger partial charge in [-0.2, -0.15) is 0 Å². The summed E-state index contributed by atoms with van der Waals surface area (Å²) in [4.78, 5) is 26.0. The molecule has 0 saturated carbocycles. The number of likely N-dealkylation sites (tertiary alicyclic amines) is 1. The summed E-state index contributed by atoms with van der Waals surface area (Å²) in [6.45, 7) is 2.87. The summed E-state index contributed by atoms with van der Waals surface area (Å²) in [7, 11) is 0. The number of nitrogens with zero attached hydrogens (tertiary/aromatic N) is 1. The fourth-order valence-electron chi connectivity index (χ4n) is 3.02. The second-order valence-electron chi connectivity index (χ2n) is 5.97. The largest absolute Gasteiger partial charge is 0.391 e. The molecule has 112 valence electrons. The molecule has 1 aromatic rings. The Labute approximate surface area is 127 Å². The maximum absolute atomic E-state index is 12.4. The molecule has 6 heteroatoms. The Bertz CT molecular complexity index is 611. The van der Waals surface area contributed by atoms with E-state index in [1.807, 2.05) is 13.0 Å². The average molecular weight is 309 g/mol. The van der Waals surface area contributed by atoms with Crippen LogP contribution in [0, 0.1) is 12.3 Å². The first-order valence-corrected chi connectivity index (χ1v) is 7.31. The lowest BCUT2D eigenvalue weighted by Gasteiger charge is -2.51. The lowest BCUT2D eigenvalue weighted by Crippen LogP contribution is -2.68. The molecule has 5 nitrogen and oxygen atoms in total. The number of benzene rings is 1. The number of piperidine rings is 1. The number of carbonyl (C=O) groups is 2. The second kappa shape index (κ2) is 5.00. The first-order chi connectivity index (χ1) is 9.91. The molecule has 2 aliphatic rings. The molecule has 1 spiro atoms. The van der Waals surface area contributed by atoms with Crippen LogP contribution in [0.1, 0.15) is 22.3 Å². The highest BCUT2D eigenvalue weighted by Crippen LogP contribution is 2.38. The molecule has 0 bridgehead atoms. The zero-order valence-corrected chi connectivity index (χ0v) is 12.5. The molecule has 2 aliphatic heterocycles. The fourth-order valence-corrected chi connectivity index (χ4v) is 3.20. The van der Waals surface area contributed by atoms with Crippen LogP contribution in [0.15, 0.2) is 18.2 Å². The van der Waals surface area contributed by atoms with Gasteiger partial charge in [-0.3, -0.25) is 9.59 Å². The Morgan fingerprint density at radius 2 is 2.19 bits per heavy atom. The van der Waals surface area contributed by atoms with Crippen molar-refractivity contribution in [3.63, 3.8) is 0 Å². The van der Waals surface area contributed by atoms with E-state index >= 15 is 0 Å². The number of hydrogen-bond donors (Lipinski definition) is 2. The van der Waals surface area contributed by atoms with Crippen LogP contribution in [0.4, 0.5) is 0 Å². The van der Waals surface area contributed by atoms with Crippen LogP contribution >= 0.6 is 11.6 Å². The van der Waals surface area contributed by atoms with Gasteiger partial charge in [0.25, 0.3) is 5.91 Å². The van der Waals surface area contributed by atoms with E-state index in [2.05, 4.69) is 5.32 Å². The van der Waals surface area contributed by atoms with E-state index in [1.165, 1.54) is 0 Å². The quantitative estimate of drug-likeness (QED) is 0.812. The van der Waals surface area contributed by atoms with Gasteiger partial charge >= 0.3 is 0 Å². The van der Waals surface area contributed by atoms with Gasteiger partial charge in [0.05, 0.1) is 11.5 Å². The molecule has 21 heavy (non-hydrogen) atoms. The van der Waals surface area contributed by atoms with Gasteiger partial charge in [0.2, 0.25) is 5.91 Å². The third kappa shape index (κ3) is 2.40. The second-order valence-corrected chi connectivity index (χ2v) is 6.38.